The molecule has 2 N–H and O–H groups in total. The number of H-pyrrole nitrogens is 1. The third-order valence-electron chi connectivity index (χ3n) is 6.02. The minimum absolute atomic E-state index is 0.277. The first-order chi connectivity index (χ1) is 16.3. The van der Waals surface area contributed by atoms with Crippen LogP contribution in [-0.4, -0.2) is 60.5 Å². The lowest BCUT2D eigenvalue weighted by Crippen LogP contribution is -2.36. The maximum absolute atomic E-state index is 13.6. The first-order valence-electron chi connectivity index (χ1n) is 12.0. The van der Waals surface area contributed by atoms with Crippen molar-refractivity contribution < 1.29 is 8.95 Å². The molecule has 34 heavy (non-hydrogen) atoms. The molecular formula is C24H34N6O2S2. The fraction of sp³-hybridized carbons (Fsp3) is 0.542. The number of fused-ring (bicyclic) bond motifs is 1. The van der Waals surface area contributed by atoms with E-state index in [1.165, 1.54) is 0 Å². The van der Waals surface area contributed by atoms with E-state index in [4.69, 9.17) is 21.9 Å². The second-order valence-corrected chi connectivity index (χ2v) is 10.9. The van der Waals surface area contributed by atoms with E-state index in [9.17, 15) is 4.21 Å². The van der Waals surface area contributed by atoms with Gasteiger partial charge in [0.15, 0.2) is 4.64 Å². The SMILES string of the molecule is CCCc1nn(C)c2c(=S)nc(-c3cc(S(=O)N4C[C@@H](C)CN[C@@H](C)C4)ccc3OCC)[nH]c12. The average Bonchev–Trinajstić information content (AvgIpc) is 3.01. The molecule has 0 saturated carbocycles. The predicted molar refractivity (Wildman–Crippen MR) is 139 cm³/mol. The van der Waals surface area contributed by atoms with E-state index in [1.807, 2.05) is 36.5 Å². The minimum atomic E-state index is -1.30. The highest BCUT2D eigenvalue weighted by atomic mass is 32.2. The van der Waals surface area contributed by atoms with Crippen LogP contribution in [0.15, 0.2) is 23.1 Å². The summed E-state index contributed by atoms with van der Waals surface area (Å²) in [5.41, 5.74) is 3.43. The van der Waals surface area contributed by atoms with E-state index in [0.29, 0.717) is 28.7 Å². The van der Waals surface area contributed by atoms with Crippen LogP contribution in [0.2, 0.25) is 0 Å². The van der Waals surface area contributed by atoms with Crippen molar-refractivity contribution in [2.24, 2.45) is 13.0 Å². The molecule has 0 radical (unpaired) electrons. The van der Waals surface area contributed by atoms with Crippen molar-refractivity contribution >= 4 is 34.2 Å². The number of hydrogen-bond acceptors (Lipinski definition) is 6. The van der Waals surface area contributed by atoms with Crippen LogP contribution < -0.4 is 10.1 Å². The van der Waals surface area contributed by atoms with Crippen LogP contribution in [0.5, 0.6) is 5.75 Å². The maximum atomic E-state index is 13.6. The standard InChI is InChI=1S/C24H34N6O2S2/c1-6-8-19-21-22(29(5)28-19)24(33)27-23(26-21)18-11-17(9-10-20(18)32-7-2)34(31)30-13-15(3)12-25-16(4)14-30/h9-11,15-16,25H,6-8,12-14H2,1-5H3,(H,26,27,33)/t15-,16-,34?/m0/s1. The van der Waals surface area contributed by atoms with Crippen molar-refractivity contribution in [2.75, 3.05) is 26.2 Å². The van der Waals surface area contributed by atoms with Gasteiger partial charge in [-0.15, -0.1) is 0 Å². The van der Waals surface area contributed by atoms with E-state index in [1.54, 1.807) is 4.68 Å². The van der Waals surface area contributed by atoms with Crippen LogP contribution in [0.1, 0.15) is 39.8 Å². The molecule has 1 aromatic carbocycles. The Morgan fingerprint density at radius 1 is 1.26 bits per heavy atom. The molecule has 1 fully saturated rings. The molecule has 3 aromatic rings. The van der Waals surface area contributed by atoms with Gasteiger partial charge in [0.2, 0.25) is 0 Å². The van der Waals surface area contributed by atoms with Gasteiger partial charge in [-0.3, -0.25) is 4.68 Å². The zero-order chi connectivity index (χ0) is 24.4. The Labute approximate surface area is 208 Å². The number of hydrogen-bond donors (Lipinski definition) is 2. The van der Waals surface area contributed by atoms with Gasteiger partial charge < -0.3 is 15.0 Å². The van der Waals surface area contributed by atoms with Gasteiger partial charge in [-0.25, -0.2) is 13.5 Å². The number of nitrogens with zero attached hydrogens (tertiary/aromatic N) is 4. The summed E-state index contributed by atoms with van der Waals surface area (Å²) in [6.07, 6.45) is 1.82. The number of aryl methyl sites for hydroxylation is 2. The number of aromatic amines is 1. The third-order valence-corrected chi connectivity index (χ3v) is 7.72. The second-order valence-electron chi connectivity index (χ2n) is 9.04. The van der Waals surface area contributed by atoms with Gasteiger partial charge in [0.05, 0.1) is 28.3 Å². The predicted octanol–water partition coefficient (Wildman–Crippen LogP) is 4.00. The average molecular weight is 503 g/mol. The summed E-state index contributed by atoms with van der Waals surface area (Å²) < 4.78 is 23.9. The Kier molecular flexibility index (Phi) is 7.81. The van der Waals surface area contributed by atoms with Crippen LogP contribution in [0.3, 0.4) is 0 Å². The molecule has 0 spiro atoms. The topological polar surface area (TPSA) is 88.1 Å². The first kappa shape index (κ1) is 25.0. The van der Waals surface area contributed by atoms with E-state index in [-0.39, 0.29) is 6.04 Å². The third kappa shape index (κ3) is 5.10. The Bertz CT molecular complexity index is 1240. The van der Waals surface area contributed by atoms with Crippen LogP contribution in [0.25, 0.3) is 22.4 Å². The summed E-state index contributed by atoms with van der Waals surface area (Å²) in [6.45, 7) is 11.3. The summed E-state index contributed by atoms with van der Waals surface area (Å²) in [5.74, 6) is 1.70. The van der Waals surface area contributed by atoms with Gasteiger partial charge in [-0.2, -0.15) is 5.10 Å². The van der Waals surface area contributed by atoms with Crippen LogP contribution in [-0.2, 0) is 24.5 Å². The van der Waals surface area contributed by atoms with E-state index >= 15 is 0 Å². The molecule has 8 nitrogen and oxygen atoms in total. The highest BCUT2D eigenvalue weighted by Gasteiger charge is 2.25. The molecule has 0 bridgehead atoms. The first-order valence-corrected chi connectivity index (χ1v) is 13.5. The number of benzene rings is 1. The van der Waals surface area contributed by atoms with E-state index in [0.717, 1.165) is 59.7 Å². The molecule has 1 aliphatic heterocycles. The molecule has 0 aliphatic carbocycles. The molecule has 1 aliphatic rings. The lowest BCUT2D eigenvalue weighted by Gasteiger charge is -2.23. The van der Waals surface area contributed by atoms with E-state index < -0.39 is 11.0 Å². The Morgan fingerprint density at radius 2 is 2.06 bits per heavy atom. The quantitative estimate of drug-likeness (QED) is 0.475. The summed E-state index contributed by atoms with van der Waals surface area (Å²) in [4.78, 5) is 8.88. The molecule has 3 heterocycles. The van der Waals surface area contributed by atoms with Gasteiger partial charge in [0.1, 0.15) is 28.1 Å². The molecule has 1 unspecified atom stereocenters. The van der Waals surface area contributed by atoms with Crippen molar-refractivity contribution in [3.05, 3.63) is 28.5 Å². The number of nitrogens with one attached hydrogen (secondary N) is 2. The summed E-state index contributed by atoms with van der Waals surface area (Å²) in [6, 6.07) is 5.97. The van der Waals surface area contributed by atoms with Gasteiger partial charge >= 0.3 is 0 Å². The van der Waals surface area contributed by atoms with Crippen molar-refractivity contribution in [1.82, 2.24) is 29.4 Å². The molecule has 2 aromatic heterocycles. The Hall–Kier alpha value is -2.14. The van der Waals surface area contributed by atoms with Crippen molar-refractivity contribution in [3.8, 4) is 17.1 Å². The van der Waals surface area contributed by atoms with E-state index in [2.05, 4.69) is 36.2 Å². The second kappa shape index (κ2) is 10.6. The summed E-state index contributed by atoms with van der Waals surface area (Å²) in [7, 11) is 0.588. The molecule has 4 rings (SSSR count). The summed E-state index contributed by atoms with van der Waals surface area (Å²) in [5, 5.41) is 8.15. The summed E-state index contributed by atoms with van der Waals surface area (Å²) >= 11 is 5.65. The highest BCUT2D eigenvalue weighted by molar-refractivity contribution is 7.82. The zero-order valence-corrected chi connectivity index (χ0v) is 22.2. The number of rotatable bonds is 7. The van der Waals surface area contributed by atoms with Crippen LogP contribution >= 0.6 is 12.2 Å². The van der Waals surface area contributed by atoms with Crippen LogP contribution in [0.4, 0.5) is 0 Å². The lowest BCUT2D eigenvalue weighted by atomic mass is 10.1. The molecular weight excluding hydrogens is 468 g/mol. The van der Waals surface area contributed by atoms with Gasteiger partial charge in [-0.1, -0.05) is 32.5 Å². The lowest BCUT2D eigenvalue weighted by molar-refractivity contribution is 0.341. The van der Waals surface area contributed by atoms with Gasteiger partial charge in [-0.05, 0) is 50.9 Å². The van der Waals surface area contributed by atoms with Gasteiger partial charge in [0.25, 0.3) is 0 Å². The number of ether oxygens (including phenoxy) is 1. The molecule has 1 saturated heterocycles. The zero-order valence-electron chi connectivity index (χ0n) is 20.6. The monoisotopic (exact) mass is 502 g/mol. The van der Waals surface area contributed by atoms with Crippen molar-refractivity contribution in [3.63, 3.8) is 0 Å². The smallest absolute Gasteiger partial charge is 0.156 e. The van der Waals surface area contributed by atoms with Crippen LogP contribution in [0, 0.1) is 10.6 Å². The Balaban J connectivity index is 1.80. The maximum Gasteiger partial charge on any atom is 0.156 e. The normalized spacial score (nSPS) is 20.4. The fourth-order valence-corrected chi connectivity index (χ4v) is 6.20. The number of aromatic nitrogens is 4. The largest absolute Gasteiger partial charge is 0.493 e. The fourth-order valence-electron chi connectivity index (χ4n) is 4.42. The van der Waals surface area contributed by atoms with Crippen molar-refractivity contribution in [1.29, 1.82) is 0 Å². The minimum Gasteiger partial charge on any atom is -0.493 e. The highest BCUT2D eigenvalue weighted by Crippen LogP contribution is 2.32. The van der Waals surface area contributed by atoms with Gasteiger partial charge in [0, 0.05) is 26.2 Å². The molecule has 0 amide bonds. The Morgan fingerprint density at radius 3 is 2.79 bits per heavy atom. The molecule has 10 heteroatoms. The van der Waals surface area contributed by atoms with Crippen molar-refractivity contribution in [2.45, 2.75) is 51.5 Å². The molecule has 3 atom stereocenters. The molecule has 184 valence electrons.